The molecular formula is C27H34BrN3O4. The Kier molecular flexibility index (Phi) is 12.8. The van der Waals surface area contributed by atoms with Crippen molar-refractivity contribution in [2.75, 3.05) is 6.54 Å². The molecule has 0 fully saturated rings. The molecule has 0 atom stereocenters. The predicted octanol–water partition coefficient (Wildman–Crippen LogP) is 5.68. The van der Waals surface area contributed by atoms with E-state index in [9.17, 15) is 14.4 Å². The van der Waals surface area contributed by atoms with Gasteiger partial charge in [-0.15, -0.1) is 0 Å². The maximum Gasteiger partial charge on any atom is 0.343 e. The highest BCUT2D eigenvalue weighted by Gasteiger charge is 2.12. The van der Waals surface area contributed by atoms with Gasteiger partial charge in [0.1, 0.15) is 5.75 Å². The minimum atomic E-state index is -0.488. The number of amides is 2. The Morgan fingerprint density at radius 2 is 1.71 bits per heavy atom. The van der Waals surface area contributed by atoms with Gasteiger partial charge in [-0.3, -0.25) is 9.59 Å². The van der Waals surface area contributed by atoms with Crippen molar-refractivity contribution in [2.45, 2.75) is 65.2 Å². The molecular weight excluding hydrogens is 510 g/mol. The molecule has 35 heavy (non-hydrogen) atoms. The molecule has 0 saturated carbocycles. The summed E-state index contributed by atoms with van der Waals surface area (Å²) in [7, 11) is 0. The molecule has 0 aliphatic carbocycles. The topological polar surface area (TPSA) is 96.9 Å². The number of esters is 1. The molecule has 7 nitrogen and oxygen atoms in total. The molecule has 0 aliphatic heterocycles. The van der Waals surface area contributed by atoms with Gasteiger partial charge >= 0.3 is 5.97 Å². The quantitative estimate of drug-likeness (QED) is 0.105. The molecule has 0 heterocycles. The lowest BCUT2D eigenvalue weighted by atomic mass is 10.1. The number of hydrogen-bond acceptors (Lipinski definition) is 5. The summed E-state index contributed by atoms with van der Waals surface area (Å²) in [5.74, 6) is -0.767. The summed E-state index contributed by atoms with van der Waals surface area (Å²) in [6.07, 6.45) is 9.74. The van der Waals surface area contributed by atoms with E-state index in [0.717, 1.165) is 29.3 Å². The van der Waals surface area contributed by atoms with E-state index in [1.54, 1.807) is 36.4 Å². The fourth-order valence-corrected chi connectivity index (χ4v) is 3.75. The number of hydrogen-bond donors (Lipinski definition) is 2. The highest BCUT2D eigenvalue weighted by atomic mass is 79.9. The van der Waals surface area contributed by atoms with Crippen LogP contribution >= 0.6 is 15.9 Å². The number of ether oxygens (including phenoxy) is 1. The number of carbonyl (C=O) groups excluding carboxylic acids is 3. The second-order valence-corrected chi connectivity index (χ2v) is 9.30. The highest BCUT2D eigenvalue weighted by molar-refractivity contribution is 9.10. The summed E-state index contributed by atoms with van der Waals surface area (Å²) in [6, 6.07) is 12.2. The lowest BCUT2D eigenvalue weighted by Gasteiger charge is -2.08. The molecule has 2 aromatic rings. The molecule has 0 bridgehead atoms. The number of nitrogens with zero attached hydrogens (tertiary/aromatic N) is 1. The van der Waals surface area contributed by atoms with Crippen LogP contribution in [-0.4, -0.2) is 30.5 Å². The van der Waals surface area contributed by atoms with E-state index in [2.05, 4.69) is 38.7 Å². The van der Waals surface area contributed by atoms with Crippen LogP contribution in [0.25, 0.3) is 0 Å². The van der Waals surface area contributed by atoms with Crippen LogP contribution in [0, 0.1) is 6.92 Å². The first-order chi connectivity index (χ1) is 16.9. The van der Waals surface area contributed by atoms with E-state index < -0.39 is 11.9 Å². The van der Waals surface area contributed by atoms with E-state index in [4.69, 9.17) is 4.74 Å². The molecule has 2 aromatic carbocycles. The van der Waals surface area contributed by atoms with Crippen LogP contribution < -0.4 is 15.5 Å². The fraction of sp³-hybridized carbons (Fsp3) is 0.407. The number of hydrazone groups is 1. The molecule has 0 aromatic heterocycles. The van der Waals surface area contributed by atoms with Crippen LogP contribution in [0.3, 0.4) is 0 Å². The lowest BCUT2D eigenvalue weighted by molar-refractivity contribution is -0.126. The number of rotatable bonds is 14. The maximum atomic E-state index is 12.5. The van der Waals surface area contributed by atoms with Gasteiger partial charge in [0.25, 0.3) is 5.91 Å². The summed E-state index contributed by atoms with van der Waals surface area (Å²) in [4.78, 5) is 36.4. The van der Waals surface area contributed by atoms with E-state index >= 15 is 0 Å². The zero-order valence-corrected chi connectivity index (χ0v) is 22.0. The van der Waals surface area contributed by atoms with Crippen molar-refractivity contribution in [3.8, 4) is 5.75 Å². The lowest BCUT2D eigenvalue weighted by Crippen LogP contribution is -2.34. The standard InChI is InChI=1S/C27H34BrN3O4/c1-3-4-5-6-7-8-9-13-25(32)29-19-26(33)31-30-18-22-17-23(28)14-15-24(22)35-27(34)21-12-10-11-20(2)16-21/h10-12,14-18H,3-9,13,19H2,1-2H3,(H,29,32)(H,31,33)/b30-18+. The Morgan fingerprint density at radius 3 is 2.46 bits per heavy atom. The Labute approximate surface area is 215 Å². The number of halogens is 1. The normalized spacial score (nSPS) is 10.8. The van der Waals surface area contributed by atoms with Gasteiger partial charge in [0.15, 0.2) is 0 Å². The molecule has 0 aliphatic rings. The largest absolute Gasteiger partial charge is 0.422 e. The van der Waals surface area contributed by atoms with Gasteiger partial charge < -0.3 is 10.1 Å². The highest BCUT2D eigenvalue weighted by Crippen LogP contribution is 2.23. The summed E-state index contributed by atoms with van der Waals surface area (Å²) in [6.45, 7) is 3.93. The molecule has 2 N–H and O–H groups in total. The first-order valence-electron chi connectivity index (χ1n) is 12.1. The number of carbonyl (C=O) groups is 3. The number of unbranched alkanes of at least 4 members (excludes halogenated alkanes) is 6. The molecule has 2 amide bonds. The third-order valence-electron chi connectivity index (χ3n) is 5.27. The van der Waals surface area contributed by atoms with E-state index in [-0.39, 0.29) is 12.5 Å². The van der Waals surface area contributed by atoms with Gasteiger partial charge in [-0.05, 0) is 43.7 Å². The Hall–Kier alpha value is -3.00. The fourth-order valence-electron chi connectivity index (χ4n) is 3.37. The van der Waals surface area contributed by atoms with Crippen molar-refractivity contribution in [1.82, 2.24) is 10.7 Å². The summed E-state index contributed by atoms with van der Waals surface area (Å²) in [5.41, 5.74) is 4.28. The average Bonchev–Trinajstić information content (AvgIpc) is 2.83. The van der Waals surface area contributed by atoms with Crippen LogP contribution in [-0.2, 0) is 9.59 Å². The van der Waals surface area contributed by atoms with Crippen LogP contribution in [0.1, 0.15) is 79.8 Å². The van der Waals surface area contributed by atoms with E-state index in [1.807, 2.05) is 13.0 Å². The Balaban J connectivity index is 1.78. The third-order valence-corrected chi connectivity index (χ3v) is 5.77. The first-order valence-corrected chi connectivity index (χ1v) is 12.9. The summed E-state index contributed by atoms with van der Waals surface area (Å²) < 4.78 is 6.29. The van der Waals surface area contributed by atoms with Gasteiger partial charge in [-0.1, -0.05) is 79.1 Å². The Bertz CT molecular complexity index is 1020. The van der Waals surface area contributed by atoms with Crippen molar-refractivity contribution in [3.63, 3.8) is 0 Å². The van der Waals surface area contributed by atoms with Gasteiger partial charge in [0.2, 0.25) is 5.91 Å². The van der Waals surface area contributed by atoms with Gasteiger partial charge in [0, 0.05) is 16.5 Å². The van der Waals surface area contributed by atoms with Gasteiger partial charge in [-0.2, -0.15) is 5.10 Å². The van der Waals surface area contributed by atoms with Crippen LogP contribution in [0.15, 0.2) is 52.0 Å². The minimum Gasteiger partial charge on any atom is -0.422 e. The summed E-state index contributed by atoms with van der Waals surface area (Å²) >= 11 is 3.38. The molecule has 0 unspecified atom stereocenters. The van der Waals surface area contributed by atoms with Gasteiger partial charge in [-0.25, -0.2) is 10.2 Å². The van der Waals surface area contributed by atoms with Crippen LogP contribution in [0.4, 0.5) is 0 Å². The molecule has 0 radical (unpaired) electrons. The molecule has 0 spiro atoms. The predicted molar refractivity (Wildman–Crippen MR) is 142 cm³/mol. The van der Waals surface area contributed by atoms with E-state index in [1.165, 1.54) is 31.9 Å². The number of benzene rings is 2. The first kappa shape index (κ1) is 28.2. The number of aryl methyl sites for hydroxylation is 1. The van der Waals surface area contributed by atoms with Gasteiger partial charge in [0.05, 0.1) is 18.3 Å². The third kappa shape index (κ3) is 11.3. The van der Waals surface area contributed by atoms with Crippen LogP contribution in [0.2, 0.25) is 0 Å². The molecule has 188 valence electrons. The SMILES string of the molecule is CCCCCCCCCC(=O)NCC(=O)N/N=C/c1cc(Br)ccc1OC(=O)c1cccc(C)c1. The smallest absolute Gasteiger partial charge is 0.343 e. The van der Waals surface area contributed by atoms with Crippen molar-refractivity contribution in [3.05, 3.63) is 63.6 Å². The monoisotopic (exact) mass is 543 g/mol. The molecule has 8 heteroatoms. The molecule has 0 saturated heterocycles. The van der Waals surface area contributed by atoms with Crippen LogP contribution in [0.5, 0.6) is 5.75 Å². The summed E-state index contributed by atoms with van der Waals surface area (Å²) in [5, 5.41) is 6.55. The van der Waals surface area contributed by atoms with E-state index in [0.29, 0.717) is 23.3 Å². The van der Waals surface area contributed by atoms with Crippen molar-refractivity contribution in [1.29, 1.82) is 0 Å². The second kappa shape index (κ2) is 15.8. The Morgan fingerprint density at radius 1 is 0.971 bits per heavy atom. The van der Waals surface area contributed by atoms with Crippen molar-refractivity contribution < 1.29 is 19.1 Å². The maximum absolute atomic E-state index is 12.5. The van der Waals surface area contributed by atoms with Crippen molar-refractivity contribution in [2.24, 2.45) is 5.10 Å². The van der Waals surface area contributed by atoms with Crippen molar-refractivity contribution >= 4 is 39.9 Å². The second-order valence-electron chi connectivity index (χ2n) is 8.38. The zero-order valence-electron chi connectivity index (χ0n) is 20.4. The molecule has 2 rings (SSSR count). The zero-order chi connectivity index (χ0) is 25.5. The minimum absolute atomic E-state index is 0.143. The number of nitrogens with one attached hydrogen (secondary N) is 2. The average molecular weight is 544 g/mol.